The number of aryl methyl sites for hydroxylation is 1. The van der Waals surface area contributed by atoms with Crippen molar-refractivity contribution in [1.29, 1.82) is 0 Å². The minimum absolute atomic E-state index is 0.00723. The summed E-state index contributed by atoms with van der Waals surface area (Å²) in [6.45, 7) is 5.67. The average molecular weight is 686 g/mol. The lowest BCUT2D eigenvalue weighted by Crippen LogP contribution is -2.49. The van der Waals surface area contributed by atoms with Gasteiger partial charge in [-0.2, -0.15) is 4.39 Å². The van der Waals surface area contributed by atoms with Gasteiger partial charge in [-0.05, 0) is 56.2 Å². The Kier molecular flexibility index (Phi) is 9.14. The lowest BCUT2D eigenvalue weighted by Gasteiger charge is -2.36. The molecule has 5 heterocycles. The maximum atomic E-state index is 15.2. The van der Waals surface area contributed by atoms with Gasteiger partial charge in [-0.1, -0.05) is 12.1 Å². The molecule has 0 bridgehead atoms. The summed E-state index contributed by atoms with van der Waals surface area (Å²) in [5, 5.41) is 5.34. The van der Waals surface area contributed by atoms with Gasteiger partial charge in [-0.25, -0.2) is 19.2 Å². The zero-order valence-corrected chi connectivity index (χ0v) is 27.5. The van der Waals surface area contributed by atoms with E-state index in [9.17, 15) is 19.2 Å². The van der Waals surface area contributed by atoms with Crippen molar-refractivity contribution in [3.63, 3.8) is 0 Å². The molecule has 13 nitrogen and oxygen atoms in total. The van der Waals surface area contributed by atoms with Gasteiger partial charge in [-0.15, -0.1) is 0 Å². The normalized spacial score (nSPS) is 17.7. The number of anilines is 3. The summed E-state index contributed by atoms with van der Waals surface area (Å²) in [6.07, 6.45) is 1.61. The minimum atomic E-state index is -0.722. The lowest BCUT2D eigenvalue weighted by atomic mass is 10.0. The number of H-pyrrole nitrogens is 1. The summed E-state index contributed by atoms with van der Waals surface area (Å²) < 4.78 is 30.4. The highest BCUT2D eigenvalue weighted by molar-refractivity contribution is 6.05. The van der Waals surface area contributed by atoms with E-state index in [1.807, 2.05) is 29.2 Å². The number of nitrogens with zero attached hydrogens (tertiary/aromatic N) is 6. The minimum Gasteiger partial charge on any atom is -0.371 e. The van der Waals surface area contributed by atoms with Crippen LogP contribution in [0.25, 0.3) is 11.0 Å². The quantitative estimate of drug-likeness (QED) is 0.250. The molecule has 3 saturated heterocycles. The van der Waals surface area contributed by atoms with Gasteiger partial charge in [0.05, 0.1) is 11.2 Å². The molecule has 3 N–H and O–H groups in total. The van der Waals surface area contributed by atoms with Gasteiger partial charge in [0.25, 0.3) is 11.5 Å². The third-order valence-electron chi connectivity index (χ3n) is 9.61. The van der Waals surface area contributed by atoms with Gasteiger partial charge in [0.15, 0.2) is 5.82 Å². The number of hydrogen-bond donors (Lipinski definition) is 3. The molecular formula is C35H37F2N9O4. The van der Waals surface area contributed by atoms with Gasteiger partial charge in [0.1, 0.15) is 16.9 Å². The molecule has 3 aliphatic rings. The maximum absolute atomic E-state index is 15.2. The first-order chi connectivity index (χ1) is 24.1. The van der Waals surface area contributed by atoms with Crippen LogP contribution in [0, 0.1) is 18.7 Å². The molecule has 15 heteroatoms. The van der Waals surface area contributed by atoms with E-state index in [0.717, 1.165) is 5.69 Å². The molecule has 2 aromatic carbocycles. The Morgan fingerprint density at radius 3 is 2.40 bits per heavy atom. The summed E-state index contributed by atoms with van der Waals surface area (Å²) in [6, 6.07) is 13.6. The molecule has 3 fully saturated rings. The van der Waals surface area contributed by atoms with Crippen LogP contribution in [0.5, 0.6) is 0 Å². The Hall–Kier alpha value is -5.44. The van der Waals surface area contributed by atoms with Crippen LogP contribution >= 0.6 is 0 Å². The molecule has 0 spiro atoms. The molecule has 4 amide bonds. The summed E-state index contributed by atoms with van der Waals surface area (Å²) in [5.41, 5.74) is 2.76. The van der Waals surface area contributed by atoms with Crippen molar-refractivity contribution >= 4 is 45.9 Å². The smallest absolute Gasteiger partial charge is 0.328 e. The highest BCUT2D eigenvalue weighted by atomic mass is 19.1. The number of nitrogens with one attached hydrogen (secondary N) is 3. The molecule has 0 radical (unpaired) electrons. The number of pyridine rings is 1. The van der Waals surface area contributed by atoms with Crippen LogP contribution in [0.15, 0.2) is 53.3 Å². The molecule has 0 unspecified atom stereocenters. The molecule has 0 saturated carbocycles. The number of halogens is 2. The van der Waals surface area contributed by atoms with E-state index in [-0.39, 0.29) is 35.3 Å². The molecule has 260 valence electrons. The number of aromatic nitrogens is 3. The van der Waals surface area contributed by atoms with Crippen molar-refractivity contribution in [3.05, 3.63) is 87.6 Å². The molecule has 0 atom stereocenters. The molecule has 3 aliphatic heterocycles. The SMILES string of the molecule is Cc1nc2ccc(CN3CCN(c4ccc(C(=O)NC5CCN(c6cccc(N7CCC(=O)NC7=O)c6)CC5)nc4F)CC3)c(F)c2[nH]c1=O. The van der Waals surface area contributed by atoms with Crippen LogP contribution in [0.4, 0.5) is 30.6 Å². The summed E-state index contributed by atoms with van der Waals surface area (Å²) in [5.74, 6) is -1.94. The fourth-order valence-electron chi connectivity index (χ4n) is 6.77. The van der Waals surface area contributed by atoms with E-state index >= 15 is 8.78 Å². The average Bonchev–Trinajstić information content (AvgIpc) is 3.11. The topological polar surface area (TPSA) is 147 Å². The number of carbonyl (C=O) groups excluding carboxylic acids is 3. The van der Waals surface area contributed by atoms with Gasteiger partial charge in [0.2, 0.25) is 11.9 Å². The van der Waals surface area contributed by atoms with E-state index < -0.39 is 29.3 Å². The third-order valence-corrected chi connectivity index (χ3v) is 9.61. The first kappa shape index (κ1) is 33.1. The molecule has 7 rings (SSSR count). The Labute approximate surface area is 286 Å². The van der Waals surface area contributed by atoms with E-state index in [2.05, 4.69) is 35.4 Å². The Balaban J connectivity index is 0.904. The van der Waals surface area contributed by atoms with Crippen molar-refractivity contribution < 1.29 is 23.2 Å². The fraction of sp³-hybridized carbons (Fsp3) is 0.371. The van der Waals surface area contributed by atoms with Crippen LogP contribution in [0.1, 0.15) is 41.0 Å². The van der Waals surface area contributed by atoms with Crippen molar-refractivity contribution in [2.75, 3.05) is 60.5 Å². The summed E-state index contributed by atoms with van der Waals surface area (Å²) >= 11 is 0. The van der Waals surface area contributed by atoms with E-state index in [4.69, 9.17) is 0 Å². The summed E-state index contributed by atoms with van der Waals surface area (Å²) in [4.78, 5) is 67.2. The van der Waals surface area contributed by atoms with E-state index in [0.29, 0.717) is 87.7 Å². The lowest BCUT2D eigenvalue weighted by molar-refractivity contribution is -0.120. The molecule has 0 aliphatic carbocycles. The predicted molar refractivity (Wildman–Crippen MR) is 183 cm³/mol. The Bertz CT molecular complexity index is 2020. The zero-order chi connectivity index (χ0) is 34.9. The zero-order valence-electron chi connectivity index (χ0n) is 27.5. The highest BCUT2D eigenvalue weighted by Gasteiger charge is 2.27. The third kappa shape index (κ3) is 6.85. The number of amides is 4. The van der Waals surface area contributed by atoms with E-state index in [1.165, 1.54) is 6.07 Å². The number of benzene rings is 2. The number of aromatic amines is 1. The van der Waals surface area contributed by atoms with Crippen molar-refractivity contribution in [1.82, 2.24) is 30.5 Å². The van der Waals surface area contributed by atoms with Crippen LogP contribution < -0.4 is 30.9 Å². The second-order valence-corrected chi connectivity index (χ2v) is 12.9. The predicted octanol–water partition coefficient (Wildman–Crippen LogP) is 3.07. The maximum Gasteiger partial charge on any atom is 0.328 e. The standard InChI is InChI=1S/C35H37F2N9O4/c1-21-33(48)42-31-26(38-21)6-5-22(30(31)36)20-43-15-17-45(18-16-43)28-8-7-27(40-32(28)37)34(49)39-23-9-12-44(13-10-23)24-3-2-4-25(19-24)46-14-11-29(47)41-35(46)50/h2-8,19,23H,9-18,20H2,1H3,(H,39,49)(H,42,48)(H,41,47,50). The van der Waals surface area contributed by atoms with Crippen molar-refractivity contribution in [3.8, 4) is 0 Å². The first-order valence-corrected chi connectivity index (χ1v) is 16.7. The Morgan fingerprint density at radius 1 is 0.900 bits per heavy atom. The number of fused-ring (bicyclic) bond motifs is 1. The van der Waals surface area contributed by atoms with Gasteiger partial charge in [-0.3, -0.25) is 29.5 Å². The number of urea groups is 1. The molecule has 4 aromatic rings. The monoisotopic (exact) mass is 685 g/mol. The summed E-state index contributed by atoms with van der Waals surface area (Å²) in [7, 11) is 0. The van der Waals surface area contributed by atoms with Gasteiger partial charge >= 0.3 is 6.03 Å². The molecule has 50 heavy (non-hydrogen) atoms. The van der Waals surface area contributed by atoms with Crippen LogP contribution in [0.3, 0.4) is 0 Å². The second-order valence-electron chi connectivity index (χ2n) is 12.9. The number of rotatable bonds is 7. The van der Waals surface area contributed by atoms with Gasteiger partial charge < -0.3 is 20.1 Å². The second kappa shape index (κ2) is 13.8. The Morgan fingerprint density at radius 2 is 1.66 bits per heavy atom. The fourth-order valence-corrected chi connectivity index (χ4v) is 6.77. The largest absolute Gasteiger partial charge is 0.371 e. The van der Waals surface area contributed by atoms with Crippen molar-refractivity contribution in [2.24, 2.45) is 0 Å². The highest BCUT2D eigenvalue weighted by Crippen LogP contribution is 2.27. The number of piperazine rings is 1. The van der Waals surface area contributed by atoms with Crippen LogP contribution in [-0.2, 0) is 11.3 Å². The number of imide groups is 1. The number of hydrogen-bond acceptors (Lipinski definition) is 9. The van der Waals surface area contributed by atoms with Crippen LogP contribution in [-0.4, -0.2) is 89.6 Å². The van der Waals surface area contributed by atoms with Gasteiger partial charge in [0, 0.05) is 81.8 Å². The van der Waals surface area contributed by atoms with E-state index in [1.54, 1.807) is 30.0 Å². The first-order valence-electron chi connectivity index (χ1n) is 16.7. The van der Waals surface area contributed by atoms with Crippen molar-refractivity contribution in [2.45, 2.75) is 38.8 Å². The molecular weight excluding hydrogens is 648 g/mol. The van der Waals surface area contributed by atoms with Crippen LogP contribution in [0.2, 0.25) is 0 Å². The number of carbonyl (C=O) groups is 3. The number of piperidine rings is 1. The molecule has 2 aromatic heterocycles.